The Kier molecular flexibility index (Phi) is 5.52. The predicted octanol–water partition coefficient (Wildman–Crippen LogP) is 0.328. The third-order valence-corrected chi connectivity index (χ3v) is 2.12. The normalized spacial score (nSPS) is 12.2. The highest BCUT2D eigenvalue weighted by Crippen LogP contribution is 2.10. The van der Waals surface area contributed by atoms with Gasteiger partial charge in [0.1, 0.15) is 18.0 Å². The highest BCUT2D eigenvalue weighted by Gasteiger charge is 2.08. The molecule has 0 saturated carbocycles. The first kappa shape index (κ1) is 12.7. The number of ether oxygens (including phenoxy) is 1. The first-order valence-electron chi connectivity index (χ1n) is 5.16. The van der Waals surface area contributed by atoms with Crippen molar-refractivity contribution in [3.63, 3.8) is 0 Å². The summed E-state index contributed by atoms with van der Waals surface area (Å²) in [6.07, 6.45) is 2.10. The highest BCUT2D eigenvalue weighted by molar-refractivity contribution is 5.46. The van der Waals surface area contributed by atoms with Crippen LogP contribution in [0.3, 0.4) is 0 Å². The molecule has 1 atom stereocenters. The van der Waals surface area contributed by atoms with Crippen LogP contribution >= 0.6 is 0 Å². The Balaban J connectivity index is 2.60. The van der Waals surface area contributed by atoms with Gasteiger partial charge in [0.05, 0.1) is 12.6 Å². The second-order valence-electron chi connectivity index (χ2n) is 3.35. The molecule has 1 unspecified atom stereocenters. The molecule has 0 aliphatic rings. The Hall–Kier alpha value is -1.40. The molecule has 6 heteroatoms. The number of nitrogens with one attached hydrogen (secondary N) is 2. The van der Waals surface area contributed by atoms with E-state index in [1.165, 1.54) is 6.33 Å². The van der Waals surface area contributed by atoms with Gasteiger partial charge in [0.15, 0.2) is 0 Å². The maximum absolute atomic E-state index is 8.90. The monoisotopic (exact) mass is 226 g/mol. The SMILES string of the molecule is CNc1cc(NC(CCO)COC)ncn1. The van der Waals surface area contributed by atoms with E-state index in [4.69, 9.17) is 9.84 Å². The van der Waals surface area contributed by atoms with Gasteiger partial charge in [0.2, 0.25) is 0 Å². The molecule has 0 amide bonds. The molecule has 0 aromatic carbocycles. The molecule has 0 radical (unpaired) electrons. The van der Waals surface area contributed by atoms with Gasteiger partial charge in [-0.15, -0.1) is 0 Å². The number of aromatic nitrogens is 2. The van der Waals surface area contributed by atoms with Crippen LogP contribution in [-0.4, -0.2) is 48.5 Å². The highest BCUT2D eigenvalue weighted by atomic mass is 16.5. The fourth-order valence-electron chi connectivity index (χ4n) is 1.34. The molecule has 0 aliphatic carbocycles. The molecule has 1 aromatic heterocycles. The van der Waals surface area contributed by atoms with Gasteiger partial charge in [-0.05, 0) is 6.42 Å². The largest absolute Gasteiger partial charge is 0.396 e. The first-order valence-corrected chi connectivity index (χ1v) is 5.16. The molecular formula is C10H18N4O2. The molecule has 0 bridgehead atoms. The average molecular weight is 226 g/mol. The summed E-state index contributed by atoms with van der Waals surface area (Å²) >= 11 is 0. The molecule has 0 saturated heterocycles. The number of hydrogen-bond donors (Lipinski definition) is 3. The summed E-state index contributed by atoms with van der Waals surface area (Å²) in [7, 11) is 3.43. The van der Waals surface area contributed by atoms with Crippen LogP contribution in [0.25, 0.3) is 0 Å². The number of anilines is 2. The minimum absolute atomic E-state index is 0.0506. The van der Waals surface area contributed by atoms with Crippen molar-refractivity contribution < 1.29 is 9.84 Å². The van der Waals surface area contributed by atoms with E-state index in [1.54, 1.807) is 20.2 Å². The quantitative estimate of drug-likeness (QED) is 0.621. The van der Waals surface area contributed by atoms with Gasteiger partial charge in [-0.25, -0.2) is 9.97 Å². The molecule has 90 valence electrons. The lowest BCUT2D eigenvalue weighted by Crippen LogP contribution is -2.26. The van der Waals surface area contributed by atoms with Gasteiger partial charge in [0, 0.05) is 26.8 Å². The second kappa shape index (κ2) is 6.97. The number of aliphatic hydroxyl groups is 1. The van der Waals surface area contributed by atoms with E-state index in [9.17, 15) is 0 Å². The van der Waals surface area contributed by atoms with Crippen molar-refractivity contribution in [3.05, 3.63) is 12.4 Å². The van der Waals surface area contributed by atoms with Gasteiger partial charge >= 0.3 is 0 Å². The van der Waals surface area contributed by atoms with Gasteiger partial charge in [-0.1, -0.05) is 0 Å². The minimum Gasteiger partial charge on any atom is -0.396 e. The molecule has 16 heavy (non-hydrogen) atoms. The first-order chi connectivity index (χ1) is 7.80. The van der Waals surface area contributed by atoms with Gasteiger partial charge in [-0.3, -0.25) is 0 Å². The Labute approximate surface area is 95.1 Å². The van der Waals surface area contributed by atoms with Crippen molar-refractivity contribution in [1.29, 1.82) is 0 Å². The van der Waals surface area contributed by atoms with Crippen molar-refractivity contribution in [1.82, 2.24) is 9.97 Å². The summed E-state index contributed by atoms with van der Waals surface area (Å²) in [5, 5.41) is 15.0. The Morgan fingerprint density at radius 2 is 2.19 bits per heavy atom. The van der Waals surface area contributed by atoms with E-state index in [2.05, 4.69) is 20.6 Å². The van der Waals surface area contributed by atoms with Crippen LogP contribution in [0.2, 0.25) is 0 Å². The zero-order chi connectivity index (χ0) is 11.8. The Morgan fingerprint density at radius 3 is 2.81 bits per heavy atom. The van der Waals surface area contributed by atoms with Crippen molar-refractivity contribution in [3.8, 4) is 0 Å². The lowest BCUT2D eigenvalue weighted by Gasteiger charge is -2.17. The predicted molar refractivity (Wildman–Crippen MR) is 62.6 cm³/mol. The summed E-state index contributed by atoms with van der Waals surface area (Å²) in [6.45, 7) is 0.643. The van der Waals surface area contributed by atoms with Gasteiger partial charge in [0.25, 0.3) is 0 Å². The molecule has 1 rings (SSSR count). The van der Waals surface area contributed by atoms with Crippen LogP contribution in [0.5, 0.6) is 0 Å². The fraction of sp³-hybridized carbons (Fsp3) is 0.600. The molecule has 3 N–H and O–H groups in total. The lowest BCUT2D eigenvalue weighted by atomic mass is 10.2. The van der Waals surface area contributed by atoms with E-state index < -0.39 is 0 Å². The summed E-state index contributed by atoms with van der Waals surface area (Å²) in [5.41, 5.74) is 0. The molecule has 0 spiro atoms. The van der Waals surface area contributed by atoms with E-state index >= 15 is 0 Å². The number of methoxy groups -OCH3 is 1. The van der Waals surface area contributed by atoms with Crippen molar-refractivity contribution >= 4 is 11.6 Å². The zero-order valence-electron chi connectivity index (χ0n) is 9.60. The Morgan fingerprint density at radius 1 is 1.44 bits per heavy atom. The average Bonchev–Trinajstić information content (AvgIpc) is 2.30. The van der Waals surface area contributed by atoms with Crippen LogP contribution in [0.1, 0.15) is 6.42 Å². The van der Waals surface area contributed by atoms with E-state index in [-0.39, 0.29) is 12.6 Å². The van der Waals surface area contributed by atoms with E-state index in [1.807, 2.05) is 0 Å². The molecule has 1 heterocycles. The zero-order valence-corrected chi connectivity index (χ0v) is 9.60. The molecule has 6 nitrogen and oxygen atoms in total. The van der Waals surface area contributed by atoms with Crippen LogP contribution in [0.4, 0.5) is 11.6 Å². The van der Waals surface area contributed by atoms with Gasteiger partial charge < -0.3 is 20.5 Å². The fourth-order valence-corrected chi connectivity index (χ4v) is 1.34. The van der Waals surface area contributed by atoms with Gasteiger partial charge in [-0.2, -0.15) is 0 Å². The number of nitrogens with zero attached hydrogens (tertiary/aromatic N) is 2. The Bertz CT molecular complexity index is 303. The minimum atomic E-state index is 0.0506. The number of hydrogen-bond acceptors (Lipinski definition) is 6. The topological polar surface area (TPSA) is 79.3 Å². The third kappa shape index (κ3) is 4.00. The molecule has 0 fully saturated rings. The maximum Gasteiger partial charge on any atom is 0.131 e. The van der Waals surface area contributed by atoms with Crippen molar-refractivity contribution in [2.75, 3.05) is 38.0 Å². The van der Waals surface area contributed by atoms with Crippen LogP contribution < -0.4 is 10.6 Å². The number of aliphatic hydroxyl groups excluding tert-OH is 1. The third-order valence-electron chi connectivity index (χ3n) is 2.12. The van der Waals surface area contributed by atoms with E-state index in [0.717, 1.165) is 11.6 Å². The second-order valence-corrected chi connectivity index (χ2v) is 3.35. The summed E-state index contributed by atoms with van der Waals surface area (Å²) in [5.74, 6) is 1.47. The standard InChI is InChI=1S/C10H18N4O2/c1-11-9-5-10(13-7-12-9)14-8(3-4-15)6-16-2/h5,7-8,15H,3-4,6H2,1-2H3,(H2,11,12,13,14). The van der Waals surface area contributed by atoms with Crippen LogP contribution in [0, 0.1) is 0 Å². The summed E-state index contributed by atoms with van der Waals surface area (Å²) < 4.78 is 5.05. The smallest absolute Gasteiger partial charge is 0.131 e. The lowest BCUT2D eigenvalue weighted by molar-refractivity contribution is 0.170. The van der Waals surface area contributed by atoms with Crippen LogP contribution in [-0.2, 0) is 4.74 Å². The van der Waals surface area contributed by atoms with Crippen LogP contribution in [0.15, 0.2) is 12.4 Å². The maximum atomic E-state index is 8.90. The molecule has 1 aromatic rings. The summed E-state index contributed by atoms with van der Waals surface area (Å²) in [6, 6.07) is 1.86. The molecule has 0 aliphatic heterocycles. The number of rotatable bonds is 7. The van der Waals surface area contributed by atoms with E-state index in [0.29, 0.717) is 13.0 Å². The summed E-state index contributed by atoms with van der Waals surface area (Å²) in [4.78, 5) is 8.11. The van der Waals surface area contributed by atoms with Crippen molar-refractivity contribution in [2.45, 2.75) is 12.5 Å². The molecular weight excluding hydrogens is 208 g/mol. The van der Waals surface area contributed by atoms with Crippen molar-refractivity contribution in [2.24, 2.45) is 0 Å².